The quantitative estimate of drug-likeness (QED) is 0.575. The normalized spacial score (nSPS) is 10.9. The Hall–Kier alpha value is -3.19. The molecule has 7 heteroatoms. The molecule has 0 spiro atoms. The molecule has 0 fully saturated rings. The summed E-state index contributed by atoms with van der Waals surface area (Å²) in [6.07, 6.45) is 3.67. The van der Waals surface area contributed by atoms with E-state index in [1.165, 1.54) is 11.3 Å². The number of amides is 1. The highest BCUT2D eigenvalue weighted by Crippen LogP contribution is 2.28. The minimum absolute atomic E-state index is 0.111. The summed E-state index contributed by atoms with van der Waals surface area (Å²) in [7, 11) is 1.64. The molecule has 0 bridgehead atoms. The van der Waals surface area contributed by atoms with Crippen LogP contribution in [0, 0.1) is 6.92 Å². The maximum Gasteiger partial charge on any atom is 0.263 e. The fraction of sp³-hybridized carbons (Fsp3) is 0.150. The monoisotopic (exact) mass is 378 g/mol. The van der Waals surface area contributed by atoms with Gasteiger partial charge in [-0.25, -0.2) is 4.98 Å². The molecule has 0 saturated heterocycles. The van der Waals surface area contributed by atoms with E-state index >= 15 is 0 Å². The predicted molar refractivity (Wildman–Crippen MR) is 105 cm³/mol. The van der Waals surface area contributed by atoms with E-state index < -0.39 is 0 Å². The number of hydrogen-bond donors (Lipinski definition) is 1. The van der Waals surface area contributed by atoms with Crippen LogP contribution in [0.1, 0.15) is 21.1 Å². The number of carbonyl (C=O) groups is 1. The van der Waals surface area contributed by atoms with Crippen LogP contribution in [0.3, 0.4) is 0 Å². The number of methoxy groups -OCH3 is 1. The van der Waals surface area contributed by atoms with Crippen molar-refractivity contribution in [3.8, 4) is 17.0 Å². The molecule has 4 aromatic rings. The van der Waals surface area contributed by atoms with Gasteiger partial charge in [0.25, 0.3) is 5.91 Å². The molecular weight excluding hydrogens is 360 g/mol. The largest absolute Gasteiger partial charge is 0.497 e. The van der Waals surface area contributed by atoms with Gasteiger partial charge in [0.15, 0.2) is 4.96 Å². The van der Waals surface area contributed by atoms with E-state index in [9.17, 15) is 4.79 Å². The van der Waals surface area contributed by atoms with Gasteiger partial charge in [-0.15, -0.1) is 0 Å². The zero-order chi connectivity index (χ0) is 18.8. The number of nitrogens with one attached hydrogen (secondary N) is 1. The van der Waals surface area contributed by atoms with Gasteiger partial charge in [0.2, 0.25) is 0 Å². The molecule has 6 nitrogen and oxygen atoms in total. The first kappa shape index (κ1) is 17.2. The third-order valence-corrected chi connectivity index (χ3v) is 5.46. The van der Waals surface area contributed by atoms with Crippen LogP contribution < -0.4 is 10.1 Å². The molecule has 4 rings (SSSR count). The zero-order valence-electron chi connectivity index (χ0n) is 15.0. The molecular formula is C20H18N4O2S. The fourth-order valence-electron chi connectivity index (χ4n) is 2.82. The highest BCUT2D eigenvalue weighted by molar-refractivity contribution is 7.19. The van der Waals surface area contributed by atoms with Crippen molar-refractivity contribution in [2.75, 3.05) is 7.11 Å². The van der Waals surface area contributed by atoms with Crippen molar-refractivity contribution in [2.45, 2.75) is 13.5 Å². The number of imidazole rings is 1. The van der Waals surface area contributed by atoms with Gasteiger partial charge < -0.3 is 10.1 Å². The molecule has 1 aromatic carbocycles. The van der Waals surface area contributed by atoms with E-state index in [-0.39, 0.29) is 5.91 Å². The van der Waals surface area contributed by atoms with Crippen LogP contribution >= 0.6 is 11.3 Å². The first-order chi connectivity index (χ1) is 13.2. The third kappa shape index (κ3) is 3.41. The van der Waals surface area contributed by atoms with Crippen molar-refractivity contribution in [1.29, 1.82) is 0 Å². The number of hydrogen-bond acceptors (Lipinski definition) is 5. The van der Waals surface area contributed by atoms with E-state index in [2.05, 4.69) is 15.3 Å². The molecule has 1 amide bonds. The van der Waals surface area contributed by atoms with Gasteiger partial charge in [-0.05, 0) is 43.3 Å². The maximum absolute atomic E-state index is 12.5. The van der Waals surface area contributed by atoms with Gasteiger partial charge in [0, 0.05) is 23.7 Å². The lowest BCUT2D eigenvalue weighted by Gasteiger charge is -2.04. The summed E-state index contributed by atoms with van der Waals surface area (Å²) >= 11 is 1.39. The summed E-state index contributed by atoms with van der Waals surface area (Å²) < 4.78 is 7.15. The second-order valence-electron chi connectivity index (χ2n) is 6.03. The minimum Gasteiger partial charge on any atom is -0.497 e. The first-order valence-electron chi connectivity index (χ1n) is 8.47. The lowest BCUT2D eigenvalue weighted by molar-refractivity contribution is 0.0953. The average molecular weight is 378 g/mol. The number of pyridine rings is 1. The van der Waals surface area contributed by atoms with Crippen LogP contribution in [0.5, 0.6) is 5.75 Å². The van der Waals surface area contributed by atoms with E-state index in [0.29, 0.717) is 11.4 Å². The Morgan fingerprint density at radius 1 is 1.22 bits per heavy atom. The van der Waals surface area contributed by atoms with Crippen molar-refractivity contribution in [3.63, 3.8) is 0 Å². The van der Waals surface area contributed by atoms with Gasteiger partial charge in [-0.2, -0.15) is 0 Å². The van der Waals surface area contributed by atoms with Crippen molar-refractivity contribution >= 4 is 22.2 Å². The molecule has 0 aliphatic carbocycles. The molecule has 3 heterocycles. The van der Waals surface area contributed by atoms with Crippen LogP contribution in [0.4, 0.5) is 0 Å². The third-order valence-electron chi connectivity index (χ3n) is 4.31. The van der Waals surface area contributed by atoms with Crippen molar-refractivity contribution in [3.05, 3.63) is 71.1 Å². The number of aromatic nitrogens is 3. The highest BCUT2D eigenvalue weighted by atomic mass is 32.1. The Bertz CT molecular complexity index is 1080. The van der Waals surface area contributed by atoms with E-state index in [1.54, 1.807) is 13.3 Å². The van der Waals surface area contributed by atoms with Crippen LogP contribution in [0.2, 0.25) is 0 Å². The SMILES string of the molecule is COc1ccc(-c2cn3c(C)c(C(=O)NCc4ccccn4)sc3n2)cc1. The van der Waals surface area contributed by atoms with Crippen LogP contribution in [-0.4, -0.2) is 27.4 Å². The van der Waals surface area contributed by atoms with Crippen molar-refractivity contribution in [1.82, 2.24) is 19.7 Å². The van der Waals surface area contributed by atoms with Crippen LogP contribution in [0.15, 0.2) is 54.9 Å². The van der Waals surface area contributed by atoms with Gasteiger partial charge in [-0.3, -0.25) is 14.2 Å². The second kappa shape index (κ2) is 7.20. The summed E-state index contributed by atoms with van der Waals surface area (Å²) in [6.45, 7) is 2.33. The zero-order valence-corrected chi connectivity index (χ0v) is 15.8. The smallest absolute Gasteiger partial charge is 0.263 e. The van der Waals surface area contributed by atoms with Gasteiger partial charge >= 0.3 is 0 Å². The molecule has 27 heavy (non-hydrogen) atoms. The summed E-state index contributed by atoms with van der Waals surface area (Å²) in [5.41, 5.74) is 3.58. The Balaban J connectivity index is 1.55. The Labute approximate surface area is 160 Å². The van der Waals surface area contributed by atoms with Gasteiger partial charge in [0.05, 0.1) is 25.0 Å². The average Bonchev–Trinajstić information content (AvgIpc) is 3.26. The molecule has 136 valence electrons. The fourth-order valence-corrected chi connectivity index (χ4v) is 3.84. The molecule has 0 atom stereocenters. The Morgan fingerprint density at radius 2 is 2.04 bits per heavy atom. The van der Waals surface area contributed by atoms with E-state index in [0.717, 1.165) is 33.4 Å². The minimum atomic E-state index is -0.111. The number of ether oxygens (including phenoxy) is 1. The van der Waals surface area contributed by atoms with Crippen LogP contribution in [0.25, 0.3) is 16.2 Å². The number of carbonyl (C=O) groups excluding carboxylic acids is 1. The molecule has 0 aliphatic heterocycles. The molecule has 0 aliphatic rings. The Kier molecular flexibility index (Phi) is 4.60. The molecule has 0 radical (unpaired) electrons. The molecule has 1 N–H and O–H groups in total. The van der Waals surface area contributed by atoms with Crippen molar-refractivity contribution in [2.24, 2.45) is 0 Å². The van der Waals surface area contributed by atoms with Crippen molar-refractivity contribution < 1.29 is 9.53 Å². The van der Waals surface area contributed by atoms with E-state index in [1.807, 2.05) is 60.0 Å². The standard InChI is InChI=1S/C20H18N4O2S/c1-13-18(19(25)22-11-15-5-3-4-10-21-15)27-20-23-17(12-24(13)20)14-6-8-16(26-2)9-7-14/h3-10,12H,11H2,1-2H3,(H,22,25). The van der Waals surface area contributed by atoms with Crippen LogP contribution in [-0.2, 0) is 6.54 Å². The number of rotatable bonds is 5. The highest BCUT2D eigenvalue weighted by Gasteiger charge is 2.18. The second-order valence-corrected chi connectivity index (χ2v) is 7.01. The maximum atomic E-state index is 12.5. The summed E-state index contributed by atoms with van der Waals surface area (Å²) in [5, 5.41) is 2.92. The Morgan fingerprint density at radius 3 is 2.70 bits per heavy atom. The summed E-state index contributed by atoms with van der Waals surface area (Å²) in [5.74, 6) is 0.697. The van der Waals surface area contributed by atoms with Gasteiger partial charge in [0.1, 0.15) is 10.6 Å². The predicted octanol–water partition coefficient (Wildman–Crippen LogP) is 3.70. The number of nitrogens with zero attached hydrogens (tertiary/aromatic N) is 3. The summed E-state index contributed by atoms with van der Waals surface area (Å²) in [4.78, 5) is 22.9. The molecule has 0 unspecified atom stereocenters. The summed E-state index contributed by atoms with van der Waals surface area (Å²) in [6, 6.07) is 13.4. The lowest BCUT2D eigenvalue weighted by atomic mass is 10.2. The first-order valence-corrected chi connectivity index (χ1v) is 9.28. The number of benzene rings is 1. The topological polar surface area (TPSA) is 68.5 Å². The van der Waals surface area contributed by atoms with E-state index in [4.69, 9.17) is 4.74 Å². The molecule has 0 saturated carbocycles. The van der Waals surface area contributed by atoms with Gasteiger partial charge in [-0.1, -0.05) is 17.4 Å². The number of fused-ring (bicyclic) bond motifs is 1. The number of aryl methyl sites for hydroxylation is 1. The molecule has 3 aromatic heterocycles. The lowest BCUT2D eigenvalue weighted by Crippen LogP contribution is -2.23. The number of thiazole rings is 1.